The van der Waals surface area contributed by atoms with Crippen LogP contribution in [0.3, 0.4) is 0 Å². The van der Waals surface area contributed by atoms with Crippen LogP contribution in [0.25, 0.3) is 6.08 Å². The van der Waals surface area contributed by atoms with Crippen molar-refractivity contribution in [3.05, 3.63) is 53.1 Å². The molecule has 3 heterocycles. The number of amides is 2. The van der Waals surface area contributed by atoms with E-state index < -0.39 is 73.4 Å². The number of aliphatic hydroxyl groups excluding tert-OH is 5. The first kappa shape index (κ1) is 43.9. The van der Waals surface area contributed by atoms with Gasteiger partial charge in [-0.3, -0.25) is 9.59 Å². The normalized spacial score (nSPS) is 29.9. The molecule has 0 aromatic heterocycles. The lowest BCUT2D eigenvalue weighted by molar-refractivity contribution is -0.298. The molecule has 0 unspecified atom stereocenters. The molecule has 0 bridgehead atoms. The second kappa shape index (κ2) is 21.0. The molecule has 56 heavy (non-hydrogen) atoms. The van der Waals surface area contributed by atoms with Crippen molar-refractivity contribution in [3.8, 4) is 0 Å². The first-order valence-electron chi connectivity index (χ1n) is 20.2. The topological polar surface area (TPSA) is 214 Å². The lowest BCUT2D eigenvalue weighted by atomic mass is 9.91. The van der Waals surface area contributed by atoms with Crippen molar-refractivity contribution >= 4 is 23.9 Å². The summed E-state index contributed by atoms with van der Waals surface area (Å²) in [6, 6.07) is 6.06. The van der Waals surface area contributed by atoms with Gasteiger partial charge in [-0.05, 0) is 49.5 Å². The van der Waals surface area contributed by atoms with Crippen molar-refractivity contribution < 1.29 is 63.6 Å². The van der Waals surface area contributed by atoms with E-state index in [-0.39, 0.29) is 43.6 Å². The molecule has 1 aliphatic carbocycles. The van der Waals surface area contributed by atoms with Crippen molar-refractivity contribution in [1.82, 2.24) is 10.2 Å². The standard InChI is InChI=1S/C41H60N2O13/c1-3-5-7-16-41(17-8-6-4-2)55-31-24-28(38(50)43-19-10-15-29(43)37(49)42-18-20-44)23-30(36(31)56-41)53-39(51)27-14-9-12-26(22-27)13-11-21-52-40-35(48)34(47)33(46)32(25-45)54-40/h9,11-14,22,24,29-36,40,44-48H,3-8,10,15-21,23,25H2,1-2H3,(H,42,49)/t29-,30-,31-,32-,33+,34+,35-,36+,40+/m1/s1. The summed E-state index contributed by atoms with van der Waals surface area (Å²) in [5.41, 5.74) is 1.29. The summed E-state index contributed by atoms with van der Waals surface area (Å²) in [6.07, 6.45) is 4.45. The zero-order valence-corrected chi connectivity index (χ0v) is 32.5. The molecule has 2 amide bonds. The Morgan fingerprint density at radius 3 is 2.45 bits per heavy atom. The van der Waals surface area contributed by atoms with Gasteiger partial charge in [-0.1, -0.05) is 63.8 Å². The molecule has 4 aliphatic rings. The maximum Gasteiger partial charge on any atom is 0.338 e. The number of aliphatic hydroxyl groups is 5. The van der Waals surface area contributed by atoms with Gasteiger partial charge in [0.2, 0.25) is 11.8 Å². The van der Waals surface area contributed by atoms with Gasteiger partial charge in [-0.15, -0.1) is 0 Å². The van der Waals surface area contributed by atoms with Crippen LogP contribution < -0.4 is 5.32 Å². The first-order chi connectivity index (χ1) is 27.0. The van der Waals surface area contributed by atoms with Crippen LogP contribution in [0.5, 0.6) is 0 Å². The van der Waals surface area contributed by atoms with Gasteiger partial charge in [0.05, 0.1) is 25.4 Å². The number of hydrogen-bond donors (Lipinski definition) is 6. The number of rotatable bonds is 19. The molecule has 3 aliphatic heterocycles. The summed E-state index contributed by atoms with van der Waals surface area (Å²) in [6.45, 7) is 3.93. The molecule has 5 rings (SSSR count). The lowest BCUT2D eigenvalue weighted by Crippen LogP contribution is -2.59. The molecule has 0 spiro atoms. The van der Waals surface area contributed by atoms with E-state index in [2.05, 4.69) is 19.2 Å². The predicted octanol–water partition coefficient (Wildman–Crippen LogP) is 2.11. The highest BCUT2D eigenvalue weighted by atomic mass is 16.8. The number of hydrogen-bond acceptors (Lipinski definition) is 13. The highest BCUT2D eigenvalue weighted by molar-refractivity contribution is 5.98. The highest BCUT2D eigenvalue weighted by Crippen LogP contribution is 2.43. The van der Waals surface area contributed by atoms with Gasteiger partial charge in [-0.2, -0.15) is 0 Å². The first-order valence-corrected chi connectivity index (χ1v) is 20.2. The fourth-order valence-corrected chi connectivity index (χ4v) is 7.87. The van der Waals surface area contributed by atoms with Crippen molar-refractivity contribution in [2.45, 2.75) is 145 Å². The van der Waals surface area contributed by atoms with E-state index in [1.54, 1.807) is 47.4 Å². The minimum absolute atomic E-state index is 0.0534. The number of esters is 1. The molecule has 312 valence electrons. The fraction of sp³-hybridized carbons (Fsp3) is 0.683. The van der Waals surface area contributed by atoms with Crippen LogP contribution in [0.4, 0.5) is 0 Å². The van der Waals surface area contributed by atoms with Gasteiger partial charge >= 0.3 is 5.97 Å². The molecular formula is C41H60N2O13. The summed E-state index contributed by atoms with van der Waals surface area (Å²) in [4.78, 5) is 42.4. The fourth-order valence-electron chi connectivity index (χ4n) is 7.87. The number of fused-ring (bicyclic) bond motifs is 1. The molecule has 1 aromatic rings. The monoisotopic (exact) mass is 788 g/mol. The van der Waals surface area contributed by atoms with Gasteiger partial charge in [0, 0.05) is 37.9 Å². The summed E-state index contributed by atoms with van der Waals surface area (Å²) in [7, 11) is 0. The molecule has 1 aromatic carbocycles. The van der Waals surface area contributed by atoms with Crippen LogP contribution in [0, 0.1) is 0 Å². The SMILES string of the molecule is CCCCCC1(CCCCC)O[C@@H]2[C@@H](C=C(C(=O)N3CCC[C@@H]3C(=O)NCCO)C[C@H]2OC(=O)c2cccc(C=CCO[C@H]3O[C@H](CO)[C@H](O)[C@H](O)[C@H]3O)c2)O1. The van der Waals surface area contributed by atoms with Crippen molar-refractivity contribution in [2.75, 3.05) is 32.9 Å². The van der Waals surface area contributed by atoms with Crippen LogP contribution in [-0.2, 0) is 33.3 Å². The van der Waals surface area contributed by atoms with Crippen molar-refractivity contribution in [1.29, 1.82) is 0 Å². The number of likely N-dealkylation sites (tertiary alicyclic amines) is 1. The largest absolute Gasteiger partial charge is 0.456 e. The minimum atomic E-state index is -1.55. The van der Waals surface area contributed by atoms with E-state index >= 15 is 0 Å². The molecule has 15 heteroatoms. The van der Waals surface area contributed by atoms with E-state index in [4.69, 9.17) is 23.7 Å². The second-order valence-electron chi connectivity index (χ2n) is 15.1. The summed E-state index contributed by atoms with van der Waals surface area (Å²) >= 11 is 0. The van der Waals surface area contributed by atoms with Gasteiger partial charge in [0.1, 0.15) is 48.8 Å². The average Bonchev–Trinajstić information content (AvgIpc) is 3.84. The Hall–Kier alpha value is -3.25. The Labute approximate surface area is 328 Å². The second-order valence-corrected chi connectivity index (χ2v) is 15.1. The number of carbonyl (C=O) groups is 3. The van der Waals surface area contributed by atoms with E-state index in [9.17, 15) is 39.9 Å². The number of benzene rings is 1. The number of nitrogens with zero attached hydrogens (tertiary/aromatic N) is 1. The summed E-state index contributed by atoms with van der Waals surface area (Å²) < 4.78 is 30.6. The van der Waals surface area contributed by atoms with Crippen LogP contribution in [0.2, 0.25) is 0 Å². The van der Waals surface area contributed by atoms with Crippen LogP contribution in [-0.4, -0.2) is 142 Å². The Morgan fingerprint density at radius 1 is 1.00 bits per heavy atom. The van der Waals surface area contributed by atoms with Crippen molar-refractivity contribution in [3.63, 3.8) is 0 Å². The molecule has 3 saturated heterocycles. The van der Waals surface area contributed by atoms with E-state index in [0.717, 1.165) is 38.5 Å². The molecule has 3 fully saturated rings. The van der Waals surface area contributed by atoms with E-state index in [1.807, 2.05) is 0 Å². The van der Waals surface area contributed by atoms with E-state index in [1.165, 1.54) is 0 Å². The zero-order valence-electron chi connectivity index (χ0n) is 32.5. The third-order valence-corrected chi connectivity index (χ3v) is 10.9. The number of unbranched alkanes of at least 4 members (excludes halogenated alkanes) is 4. The van der Waals surface area contributed by atoms with Crippen LogP contribution >= 0.6 is 0 Å². The number of carbonyl (C=O) groups excluding carboxylic acids is 3. The third kappa shape index (κ3) is 10.8. The summed E-state index contributed by atoms with van der Waals surface area (Å²) in [5, 5.41) is 51.6. The zero-order chi connectivity index (χ0) is 40.2. The van der Waals surface area contributed by atoms with Crippen LogP contribution in [0.15, 0.2) is 42.0 Å². The molecule has 0 saturated carbocycles. The molecular weight excluding hydrogens is 728 g/mol. The number of nitrogens with one attached hydrogen (secondary N) is 1. The molecule has 0 radical (unpaired) electrons. The van der Waals surface area contributed by atoms with Gasteiger partial charge < -0.3 is 59.4 Å². The van der Waals surface area contributed by atoms with Gasteiger partial charge in [0.25, 0.3) is 0 Å². The molecule has 15 nitrogen and oxygen atoms in total. The Morgan fingerprint density at radius 2 is 1.75 bits per heavy atom. The Kier molecular flexibility index (Phi) is 16.4. The summed E-state index contributed by atoms with van der Waals surface area (Å²) in [5.74, 6) is -2.14. The Balaban J connectivity index is 1.31. The average molecular weight is 789 g/mol. The van der Waals surface area contributed by atoms with Gasteiger partial charge in [0.15, 0.2) is 12.1 Å². The Bertz CT molecular complexity index is 1510. The number of ether oxygens (including phenoxy) is 5. The van der Waals surface area contributed by atoms with E-state index in [0.29, 0.717) is 43.4 Å². The maximum absolute atomic E-state index is 14.1. The highest BCUT2D eigenvalue weighted by Gasteiger charge is 2.53. The molecule has 9 atom stereocenters. The third-order valence-electron chi connectivity index (χ3n) is 10.9. The predicted molar refractivity (Wildman–Crippen MR) is 203 cm³/mol. The maximum atomic E-state index is 14.1. The van der Waals surface area contributed by atoms with Crippen molar-refractivity contribution in [2.24, 2.45) is 0 Å². The lowest BCUT2D eigenvalue weighted by Gasteiger charge is -2.39. The van der Waals surface area contributed by atoms with Gasteiger partial charge in [-0.25, -0.2) is 4.79 Å². The molecule has 6 N–H and O–H groups in total. The minimum Gasteiger partial charge on any atom is -0.456 e. The van der Waals surface area contributed by atoms with Crippen LogP contribution in [0.1, 0.15) is 100 Å². The smallest absolute Gasteiger partial charge is 0.338 e. The quantitative estimate of drug-likeness (QED) is 0.0877.